The molecular weight excluding hydrogens is 424 g/mol. The molecule has 0 aromatic heterocycles. The molecule has 0 atom stereocenters. The highest BCUT2D eigenvalue weighted by atomic mass is 32.2. The molecule has 0 bridgehead atoms. The van der Waals surface area contributed by atoms with Crippen LogP contribution >= 0.6 is 0 Å². The second-order valence-corrected chi connectivity index (χ2v) is 9.33. The molecule has 7 heteroatoms. The fraction of sp³-hybridized carbons (Fsp3) is 0.240. The number of benzene rings is 3. The molecule has 0 fully saturated rings. The van der Waals surface area contributed by atoms with Gasteiger partial charge in [0.15, 0.2) is 0 Å². The summed E-state index contributed by atoms with van der Waals surface area (Å²) in [4.78, 5) is 15.1. The van der Waals surface area contributed by atoms with E-state index in [0.29, 0.717) is 31.1 Å². The van der Waals surface area contributed by atoms with Crippen molar-refractivity contribution in [3.63, 3.8) is 0 Å². The highest BCUT2D eigenvalue weighted by Gasteiger charge is 2.25. The van der Waals surface area contributed by atoms with Crippen LogP contribution in [0, 0.1) is 0 Å². The van der Waals surface area contributed by atoms with Crippen molar-refractivity contribution in [2.75, 3.05) is 23.7 Å². The van der Waals surface area contributed by atoms with E-state index in [4.69, 9.17) is 4.74 Å². The Morgan fingerprint density at radius 3 is 1.91 bits per heavy atom. The van der Waals surface area contributed by atoms with Gasteiger partial charge in [-0.25, -0.2) is 8.42 Å². The molecule has 3 aromatic rings. The third kappa shape index (κ3) is 6.59. The predicted octanol–water partition coefficient (Wildman–Crippen LogP) is 4.08. The van der Waals surface area contributed by atoms with E-state index in [1.807, 2.05) is 67.6 Å². The standard InChI is InChI=1S/C25H28N2O4S/c1-3-31-24-16-10-15-23(17-24)27(32(2,29)30)20-25(28)26(18-21-11-6-4-7-12-21)19-22-13-8-5-9-14-22/h4-17H,3,18-20H2,1-2H3. The van der Waals surface area contributed by atoms with Crippen molar-refractivity contribution in [2.24, 2.45) is 0 Å². The number of hydrogen-bond donors (Lipinski definition) is 0. The van der Waals surface area contributed by atoms with Crippen LogP contribution in [0.15, 0.2) is 84.9 Å². The Hall–Kier alpha value is -3.32. The van der Waals surface area contributed by atoms with Gasteiger partial charge < -0.3 is 9.64 Å². The zero-order valence-electron chi connectivity index (χ0n) is 18.3. The number of sulfonamides is 1. The third-order valence-corrected chi connectivity index (χ3v) is 6.02. The number of carbonyl (C=O) groups excluding carboxylic acids is 1. The summed E-state index contributed by atoms with van der Waals surface area (Å²) in [7, 11) is -3.69. The van der Waals surface area contributed by atoms with Crippen LogP contribution < -0.4 is 9.04 Å². The van der Waals surface area contributed by atoms with Gasteiger partial charge in [0.25, 0.3) is 0 Å². The summed E-state index contributed by atoms with van der Waals surface area (Å²) in [6, 6.07) is 26.1. The Kier molecular flexibility index (Phi) is 7.89. The van der Waals surface area contributed by atoms with Crippen LogP contribution in [0.1, 0.15) is 18.1 Å². The highest BCUT2D eigenvalue weighted by molar-refractivity contribution is 7.92. The number of amides is 1. The smallest absolute Gasteiger partial charge is 0.243 e. The third-order valence-electron chi connectivity index (χ3n) is 4.88. The fourth-order valence-electron chi connectivity index (χ4n) is 3.36. The minimum atomic E-state index is -3.69. The Balaban J connectivity index is 1.88. The lowest BCUT2D eigenvalue weighted by atomic mass is 10.1. The second-order valence-electron chi connectivity index (χ2n) is 7.42. The van der Waals surface area contributed by atoms with Gasteiger partial charge in [-0.05, 0) is 30.2 Å². The van der Waals surface area contributed by atoms with Gasteiger partial charge in [0.1, 0.15) is 12.3 Å². The fourth-order valence-corrected chi connectivity index (χ4v) is 4.20. The van der Waals surface area contributed by atoms with Gasteiger partial charge in [-0.15, -0.1) is 0 Å². The van der Waals surface area contributed by atoms with Crippen LogP contribution in [0.5, 0.6) is 5.75 Å². The largest absolute Gasteiger partial charge is 0.494 e. The predicted molar refractivity (Wildman–Crippen MR) is 127 cm³/mol. The van der Waals surface area contributed by atoms with Crippen molar-refractivity contribution < 1.29 is 17.9 Å². The number of anilines is 1. The van der Waals surface area contributed by atoms with Gasteiger partial charge in [-0.2, -0.15) is 0 Å². The maximum Gasteiger partial charge on any atom is 0.243 e. The van der Waals surface area contributed by atoms with E-state index in [2.05, 4.69) is 0 Å². The molecule has 3 rings (SSSR count). The van der Waals surface area contributed by atoms with Crippen LogP contribution in [0.25, 0.3) is 0 Å². The maximum atomic E-state index is 13.4. The lowest BCUT2D eigenvalue weighted by Crippen LogP contribution is -2.42. The van der Waals surface area contributed by atoms with Crippen LogP contribution in [0.4, 0.5) is 5.69 Å². The minimum Gasteiger partial charge on any atom is -0.494 e. The molecule has 0 spiro atoms. The molecule has 6 nitrogen and oxygen atoms in total. The van der Waals surface area contributed by atoms with E-state index >= 15 is 0 Å². The number of carbonyl (C=O) groups is 1. The molecule has 168 valence electrons. The lowest BCUT2D eigenvalue weighted by Gasteiger charge is -2.28. The number of rotatable bonds is 10. The first-order chi connectivity index (χ1) is 15.4. The molecular formula is C25H28N2O4S. The van der Waals surface area contributed by atoms with Gasteiger partial charge in [0.05, 0.1) is 18.6 Å². The van der Waals surface area contributed by atoms with E-state index in [-0.39, 0.29) is 12.5 Å². The number of ether oxygens (including phenoxy) is 1. The van der Waals surface area contributed by atoms with Crippen LogP contribution in [-0.2, 0) is 27.9 Å². The molecule has 0 aliphatic heterocycles. The normalized spacial score (nSPS) is 11.1. The Morgan fingerprint density at radius 2 is 1.41 bits per heavy atom. The summed E-state index contributed by atoms with van der Waals surface area (Å²) < 4.78 is 31.8. The van der Waals surface area contributed by atoms with Gasteiger partial charge in [-0.3, -0.25) is 9.10 Å². The van der Waals surface area contributed by atoms with E-state index < -0.39 is 10.0 Å². The average Bonchev–Trinajstić information content (AvgIpc) is 2.78. The molecule has 0 saturated carbocycles. The molecule has 1 amide bonds. The maximum absolute atomic E-state index is 13.4. The molecule has 0 aliphatic rings. The molecule has 0 N–H and O–H groups in total. The SMILES string of the molecule is CCOc1cccc(N(CC(=O)N(Cc2ccccc2)Cc2ccccc2)S(C)(=O)=O)c1. The summed E-state index contributed by atoms with van der Waals surface area (Å²) >= 11 is 0. The number of nitrogens with zero attached hydrogens (tertiary/aromatic N) is 2. The van der Waals surface area contributed by atoms with Crippen LogP contribution in [0.3, 0.4) is 0 Å². The summed E-state index contributed by atoms with van der Waals surface area (Å²) in [5.41, 5.74) is 2.34. The molecule has 0 heterocycles. The highest BCUT2D eigenvalue weighted by Crippen LogP contribution is 2.24. The Labute approximate surface area is 190 Å². The summed E-state index contributed by atoms with van der Waals surface area (Å²) in [6.45, 7) is 2.78. The zero-order chi connectivity index (χ0) is 23.0. The number of hydrogen-bond acceptors (Lipinski definition) is 4. The van der Waals surface area contributed by atoms with E-state index in [1.54, 1.807) is 29.2 Å². The molecule has 0 saturated heterocycles. The molecule has 3 aromatic carbocycles. The van der Waals surface area contributed by atoms with Gasteiger partial charge in [-0.1, -0.05) is 66.7 Å². The van der Waals surface area contributed by atoms with Crippen molar-refractivity contribution in [3.05, 3.63) is 96.1 Å². The van der Waals surface area contributed by atoms with Gasteiger partial charge >= 0.3 is 0 Å². The Bertz CT molecular complexity index is 1080. The summed E-state index contributed by atoms with van der Waals surface area (Å²) in [6.07, 6.45) is 1.10. The van der Waals surface area contributed by atoms with Crippen molar-refractivity contribution in [1.29, 1.82) is 0 Å². The van der Waals surface area contributed by atoms with Crippen molar-refractivity contribution in [1.82, 2.24) is 4.90 Å². The lowest BCUT2D eigenvalue weighted by molar-refractivity contribution is -0.130. The first-order valence-electron chi connectivity index (χ1n) is 10.4. The minimum absolute atomic E-state index is 0.287. The molecule has 0 unspecified atom stereocenters. The quantitative estimate of drug-likeness (QED) is 0.465. The summed E-state index contributed by atoms with van der Waals surface area (Å²) in [5.74, 6) is 0.265. The van der Waals surface area contributed by atoms with Crippen molar-refractivity contribution >= 4 is 21.6 Å². The summed E-state index contributed by atoms with van der Waals surface area (Å²) in [5, 5.41) is 0. The molecule has 0 aliphatic carbocycles. The van der Waals surface area contributed by atoms with Crippen LogP contribution in [-0.4, -0.2) is 38.6 Å². The van der Waals surface area contributed by atoms with Gasteiger partial charge in [0.2, 0.25) is 15.9 Å². The average molecular weight is 453 g/mol. The first-order valence-corrected chi connectivity index (χ1v) is 12.3. The Morgan fingerprint density at radius 1 is 0.844 bits per heavy atom. The van der Waals surface area contributed by atoms with E-state index in [0.717, 1.165) is 21.7 Å². The van der Waals surface area contributed by atoms with Crippen molar-refractivity contribution in [3.8, 4) is 5.75 Å². The van der Waals surface area contributed by atoms with Crippen molar-refractivity contribution in [2.45, 2.75) is 20.0 Å². The molecule has 32 heavy (non-hydrogen) atoms. The second kappa shape index (κ2) is 10.8. The van der Waals surface area contributed by atoms with Crippen LogP contribution in [0.2, 0.25) is 0 Å². The zero-order valence-corrected chi connectivity index (χ0v) is 19.2. The first kappa shape index (κ1) is 23.3. The molecule has 0 radical (unpaired) electrons. The monoisotopic (exact) mass is 452 g/mol. The van der Waals surface area contributed by atoms with Gasteiger partial charge in [0, 0.05) is 19.2 Å². The topological polar surface area (TPSA) is 66.9 Å². The van der Waals surface area contributed by atoms with E-state index in [1.165, 1.54) is 0 Å². The van der Waals surface area contributed by atoms with E-state index in [9.17, 15) is 13.2 Å².